The minimum Gasteiger partial charge on any atom is -0.490 e. The maximum absolute atomic E-state index is 12.0. The van der Waals surface area contributed by atoms with Gasteiger partial charge in [-0.1, -0.05) is 29.8 Å². The molecular formula is C17H16ClNO5. The molecule has 2 N–H and O–H groups in total. The van der Waals surface area contributed by atoms with E-state index >= 15 is 0 Å². The highest BCUT2D eigenvalue weighted by Crippen LogP contribution is 2.46. The monoisotopic (exact) mass is 349 g/mol. The summed E-state index contributed by atoms with van der Waals surface area (Å²) in [7, 11) is 0. The van der Waals surface area contributed by atoms with Crippen molar-refractivity contribution in [3.63, 3.8) is 0 Å². The fourth-order valence-corrected chi connectivity index (χ4v) is 3.76. The normalized spacial score (nSPS) is 26.2. The SMILES string of the molecule is CC1=C2OCCN=C2C(C(=O)O)C(c2ccccc2Cl)C1C(=O)O. The third-order valence-electron chi connectivity index (χ3n) is 4.49. The number of benzene rings is 1. The topological polar surface area (TPSA) is 96.2 Å². The number of ether oxygens (including phenoxy) is 1. The molecule has 1 aromatic rings. The molecule has 0 saturated carbocycles. The Kier molecular flexibility index (Phi) is 4.32. The van der Waals surface area contributed by atoms with Crippen molar-refractivity contribution in [2.24, 2.45) is 16.8 Å². The third kappa shape index (κ3) is 2.57. The Balaban J connectivity index is 2.27. The number of carbonyl (C=O) groups is 2. The van der Waals surface area contributed by atoms with Gasteiger partial charge in [0, 0.05) is 10.9 Å². The van der Waals surface area contributed by atoms with Crippen LogP contribution in [0.4, 0.5) is 0 Å². The maximum Gasteiger partial charge on any atom is 0.313 e. The first-order valence-corrected chi connectivity index (χ1v) is 7.89. The van der Waals surface area contributed by atoms with Crippen molar-refractivity contribution in [2.75, 3.05) is 13.2 Å². The number of hydrogen-bond acceptors (Lipinski definition) is 4. The highest BCUT2D eigenvalue weighted by Gasteiger charge is 2.50. The first-order chi connectivity index (χ1) is 11.4. The lowest BCUT2D eigenvalue weighted by molar-refractivity contribution is -0.144. The summed E-state index contributed by atoms with van der Waals surface area (Å²) in [5, 5.41) is 19.9. The zero-order valence-corrected chi connectivity index (χ0v) is 13.7. The van der Waals surface area contributed by atoms with Gasteiger partial charge < -0.3 is 14.9 Å². The number of carboxylic acids is 2. The van der Waals surface area contributed by atoms with Gasteiger partial charge in [-0.05, 0) is 24.1 Å². The molecule has 0 spiro atoms. The molecular weight excluding hydrogens is 334 g/mol. The number of rotatable bonds is 3. The van der Waals surface area contributed by atoms with Gasteiger partial charge in [0.2, 0.25) is 0 Å². The highest BCUT2D eigenvalue weighted by molar-refractivity contribution is 6.31. The van der Waals surface area contributed by atoms with Gasteiger partial charge in [0.05, 0.1) is 18.2 Å². The fraction of sp³-hybridized carbons (Fsp3) is 0.353. The van der Waals surface area contributed by atoms with Crippen molar-refractivity contribution < 1.29 is 24.5 Å². The number of fused-ring (bicyclic) bond motifs is 1. The van der Waals surface area contributed by atoms with E-state index in [0.29, 0.717) is 40.8 Å². The van der Waals surface area contributed by atoms with Gasteiger partial charge in [-0.3, -0.25) is 14.6 Å². The molecule has 0 fully saturated rings. The maximum atomic E-state index is 12.0. The van der Waals surface area contributed by atoms with Crippen molar-refractivity contribution in [2.45, 2.75) is 12.8 Å². The lowest BCUT2D eigenvalue weighted by Gasteiger charge is -2.38. The molecule has 3 rings (SSSR count). The van der Waals surface area contributed by atoms with Gasteiger partial charge in [0.15, 0.2) is 0 Å². The molecule has 7 heteroatoms. The number of carboxylic acid groups (broad SMARTS) is 2. The Morgan fingerprint density at radius 2 is 1.88 bits per heavy atom. The quantitative estimate of drug-likeness (QED) is 0.874. The van der Waals surface area contributed by atoms with Gasteiger partial charge in [0.1, 0.15) is 18.3 Å². The van der Waals surface area contributed by atoms with E-state index in [1.54, 1.807) is 31.2 Å². The molecule has 3 unspecified atom stereocenters. The van der Waals surface area contributed by atoms with Crippen LogP contribution >= 0.6 is 11.6 Å². The molecule has 1 aliphatic carbocycles. The first-order valence-electron chi connectivity index (χ1n) is 7.51. The van der Waals surface area contributed by atoms with E-state index in [1.807, 2.05) is 0 Å². The summed E-state index contributed by atoms with van der Waals surface area (Å²) in [5.74, 6) is -4.96. The molecule has 126 valence electrons. The number of aliphatic carboxylic acids is 2. The van der Waals surface area contributed by atoms with Crippen LogP contribution in [0.2, 0.25) is 5.02 Å². The predicted molar refractivity (Wildman–Crippen MR) is 87.4 cm³/mol. The van der Waals surface area contributed by atoms with Gasteiger partial charge in [0.25, 0.3) is 0 Å². The van der Waals surface area contributed by atoms with Crippen molar-refractivity contribution in [1.29, 1.82) is 0 Å². The van der Waals surface area contributed by atoms with Crippen molar-refractivity contribution in [1.82, 2.24) is 0 Å². The molecule has 3 atom stereocenters. The Morgan fingerprint density at radius 1 is 1.21 bits per heavy atom. The van der Waals surface area contributed by atoms with Crippen LogP contribution < -0.4 is 0 Å². The van der Waals surface area contributed by atoms with E-state index in [9.17, 15) is 19.8 Å². The molecule has 0 amide bonds. The average molecular weight is 350 g/mol. The Morgan fingerprint density at radius 3 is 2.50 bits per heavy atom. The summed E-state index contributed by atoms with van der Waals surface area (Å²) in [4.78, 5) is 28.2. The molecule has 2 aliphatic rings. The Hall–Kier alpha value is -2.34. The second kappa shape index (κ2) is 6.28. The smallest absolute Gasteiger partial charge is 0.313 e. The predicted octanol–water partition coefficient (Wildman–Crippen LogP) is 2.58. The van der Waals surface area contributed by atoms with Crippen LogP contribution in [0.5, 0.6) is 0 Å². The zero-order chi connectivity index (χ0) is 17.4. The number of nitrogens with zero attached hydrogens (tertiary/aromatic N) is 1. The number of halogens is 1. The largest absolute Gasteiger partial charge is 0.490 e. The second-order valence-corrected chi connectivity index (χ2v) is 6.21. The number of hydrogen-bond donors (Lipinski definition) is 2. The lowest BCUT2D eigenvalue weighted by atomic mass is 9.67. The van der Waals surface area contributed by atoms with Gasteiger partial charge in [-0.25, -0.2) is 0 Å². The number of aliphatic imine (C=N–C) groups is 1. The summed E-state index contributed by atoms with van der Waals surface area (Å²) in [6, 6.07) is 6.73. The molecule has 0 saturated heterocycles. The van der Waals surface area contributed by atoms with Gasteiger partial charge >= 0.3 is 11.9 Å². The summed E-state index contributed by atoms with van der Waals surface area (Å²) in [5.41, 5.74) is 1.27. The van der Waals surface area contributed by atoms with E-state index in [1.165, 1.54) is 0 Å². The van der Waals surface area contributed by atoms with Crippen LogP contribution in [0.15, 0.2) is 40.6 Å². The first kappa shape index (κ1) is 16.5. The summed E-state index contributed by atoms with van der Waals surface area (Å²) >= 11 is 6.25. The van der Waals surface area contributed by atoms with Crippen molar-refractivity contribution in [3.05, 3.63) is 46.2 Å². The number of allylic oxidation sites excluding steroid dienone is 1. The zero-order valence-electron chi connectivity index (χ0n) is 12.9. The minimum atomic E-state index is -1.14. The van der Waals surface area contributed by atoms with E-state index in [-0.39, 0.29) is 0 Å². The highest BCUT2D eigenvalue weighted by atomic mass is 35.5. The third-order valence-corrected chi connectivity index (χ3v) is 4.83. The van der Waals surface area contributed by atoms with Crippen molar-refractivity contribution in [3.8, 4) is 0 Å². The Bertz CT molecular complexity index is 770. The van der Waals surface area contributed by atoms with E-state index in [4.69, 9.17) is 16.3 Å². The van der Waals surface area contributed by atoms with Gasteiger partial charge in [-0.15, -0.1) is 0 Å². The Labute approximate surface area is 143 Å². The van der Waals surface area contributed by atoms with E-state index in [0.717, 1.165) is 0 Å². The molecule has 0 radical (unpaired) electrons. The fourth-order valence-electron chi connectivity index (χ4n) is 3.50. The summed E-state index contributed by atoms with van der Waals surface area (Å²) in [6.07, 6.45) is 0. The molecule has 1 aliphatic heterocycles. The van der Waals surface area contributed by atoms with E-state index in [2.05, 4.69) is 4.99 Å². The van der Waals surface area contributed by atoms with Crippen LogP contribution in [0.3, 0.4) is 0 Å². The molecule has 24 heavy (non-hydrogen) atoms. The summed E-state index contributed by atoms with van der Waals surface area (Å²) < 4.78 is 5.56. The summed E-state index contributed by atoms with van der Waals surface area (Å²) in [6.45, 7) is 2.31. The van der Waals surface area contributed by atoms with Crippen molar-refractivity contribution >= 4 is 29.3 Å². The van der Waals surface area contributed by atoms with Crippen LogP contribution in [0.1, 0.15) is 18.4 Å². The molecule has 0 aromatic heterocycles. The minimum absolute atomic E-state index is 0.296. The lowest BCUT2D eigenvalue weighted by Crippen LogP contribution is -2.44. The van der Waals surface area contributed by atoms with Gasteiger partial charge in [-0.2, -0.15) is 0 Å². The van der Waals surface area contributed by atoms with Crippen LogP contribution in [-0.2, 0) is 14.3 Å². The van der Waals surface area contributed by atoms with E-state index < -0.39 is 29.7 Å². The molecule has 1 heterocycles. The average Bonchev–Trinajstić information content (AvgIpc) is 2.54. The molecule has 0 bridgehead atoms. The second-order valence-electron chi connectivity index (χ2n) is 5.81. The molecule has 6 nitrogen and oxygen atoms in total. The van der Waals surface area contributed by atoms with Crippen LogP contribution in [0.25, 0.3) is 0 Å². The standard InChI is InChI=1S/C17H16ClNO5/c1-8-11(16(20)21)12(9-4-2-3-5-10(9)18)13(17(22)23)14-15(8)24-7-6-19-14/h2-5,11-13H,6-7H2,1H3,(H,20,21)(H,22,23). The molecule has 1 aromatic carbocycles. The van der Waals surface area contributed by atoms with Crippen LogP contribution in [0, 0.1) is 11.8 Å². The van der Waals surface area contributed by atoms with Crippen LogP contribution in [-0.4, -0.2) is 41.0 Å².